The topological polar surface area (TPSA) is 124 Å². The molecule has 15 heteroatoms. The van der Waals surface area contributed by atoms with Gasteiger partial charge in [0, 0.05) is 6.07 Å². The molecule has 9 nitrogen and oxygen atoms in total. The highest BCUT2D eigenvalue weighted by Crippen LogP contribution is 2.48. The molecule has 1 aromatic heterocycles. The zero-order chi connectivity index (χ0) is 19.8. The minimum absolute atomic E-state index is 0.0718. The van der Waals surface area contributed by atoms with Gasteiger partial charge in [-0.2, -0.15) is 13.2 Å². The number of hydrogen-bond donors (Lipinski definition) is 1. The first-order chi connectivity index (χ1) is 11.9. The molecule has 26 heavy (non-hydrogen) atoms. The highest BCUT2D eigenvalue weighted by molar-refractivity contribution is 6.35. The normalized spacial score (nSPS) is 11.3. The molecule has 138 valence electrons. The van der Waals surface area contributed by atoms with E-state index in [0.29, 0.717) is 0 Å². The number of rotatable bonds is 4. The van der Waals surface area contributed by atoms with Gasteiger partial charge >= 0.3 is 17.6 Å². The molecule has 1 heterocycles. The van der Waals surface area contributed by atoms with E-state index in [1.807, 2.05) is 0 Å². The minimum atomic E-state index is -5.16. The van der Waals surface area contributed by atoms with Crippen LogP contribution in [0.5, 0.6) is 0 Å². The third-order valence-electron chi connectivity index (χ3n) is 2.88. The van der Waals surface area contributed by atoms with Crippen molar-refractivity contribution >= 4 is 57.6 Å². The van der Waals surface area contributed by atoms with Gasteiger partial charge in [-0.3, -0.25) is 20.2 Å². The average molecular weight is 433 g/mol. The molecule has 1 N–H and O–H groups in total. The number of halogens is 6. The number of nitro groups is 2. The fourth-order valence-electron chi connectivity index (χ4n) is 1.84. The average Bonchev–Trinajstić information content (AvgIpc) is 2.48. The number of nitrogens with one attached hydrogen (secondary N) is 1. The van der Waals surface area contributed by atoms with Crippen molar-refractivity contribution in [2.45, 2.75) is 6.18 Å². The molecule has 0 saturated heterocycles. The Hall–Kier alpha value is -2.44. The fourth-order valence-corrected chi connectivity index (χ4v) is 2.51. The van der Waals surface area contributed by atoms with Gasteiger partial charge < -0.3 is 5.32 Å². The predicted molar refractivity (Wildman–Crippen MR) is 85.1 cm³/mol. The van der Waals surface area contributed by atoms with Gasteiger partial charge in [0.15, 0.2) is 10.8 Å². The van der Waals surface area contributed by atoms with E-state index >= 15 is 0 Å². The molecule has 0 saturated carbocycles. The molecule has 0 aliphatic heterocycles. The van der Waals surface area contributed by atoms with Gasteiger partial charge in [-0.1, -0.05) is 23.2 Å². The van der Waals surface area contributed by atoms with E-state index in [1.165, 1.54) is 0 Å². The van der Waals surface area contributed by atoms with Gasteiger partial charge in [-0.05, 0) is 11.6 Å². The van der Waals surface area contributed by atoms with Crippen molar-refractivity contribution in [3.8, 4) is 0 Å². The van der Waals surface area contributed by atoms with Crippen molar-refractivity contribution in [1.82, 2.24) is 9.97 Å². The van der Waals surface area contributed by atoms with Crippen LogP contribution in [0.25, 0.3) is 0 Å². The Morgan fingerprint density at radius 1 is 1.12 bits per heavy atom. The summed E-state index contributed by atoms with van der Waals surface area (Å²) in [4.78, 5) is 26.9. The molecule has 0 bridgehead atoms. The SMILES string of the molecule is O=[N+]([O-])c1cc(C(F)(F)F)c(Cl)c([N+](=O)[O-])c1Nc1cnc(Cl)nc1Cl. The lowest BCUT2D eigenvalue weighted by Gasteiger charge is -2.13. The minimum Gasteiger partial charge on any atom is -0.340 e. The monoisotopic (exact) mass is 431 g/mol. The van der Waals surface area contributed by atoms with E-state index in [2.05, 4.69) is 15.3 Å². The van der Waals surface area contributed by atoms with Crippen LogP contribution < -0.4 is 5.32 Å². The van der Waals surface area contributed by atoms with Gasteiger partial charge in [0.25, 0.3) is 0 Å². The summed E-state index contributed by atoms with van der Waals surface area (Å²) in [6.07, 6.45) is -4.23. The summed E-state index contributed by atoms with van der Waals surface area (Å²) >= 11 is 16.7. The van der Waals surface area contributed by atoms with E-state index in [0.717, 1.165) is 6.20 Å². The number of hydrogen-bond acceptors (Lipinski definition) is 7. The summed E-state index contributed by atoms with van der Waals surface area (Å²) in [5, 5.41) is 22.6. The molecular formula is C11H3Cl3F3N5O4. The largest absolute Gasteiger partial charge is 0.418 e. The number of alkyl halides is 3. The van der Waals surface area contributed by atoms with Gasteiger partial charge in [0.1, 0.15) is 5.02 Å². The molecular weight excluding hydrogens is 430 g/mol. The van der Waals surface area contributed by atoms with Crippen LogP contribution in [-0.4, -0.2) is 19.8 Å². The molecule has 1 aromatic carbocycles. The number of anilines is 2. The standard InChI is InChI=1S/C11H3Cl3F3N5O4/c12-6-3(11(15,16)17)1-5(21(23)24)7(8(6)22(25)26)19-4-2-18-10(14)20-9(4)13/h1-2,19H. The van der Waals surface area contributed by atoms with Crippen LogP contribution in [0.4, 0.5) is 35.9 Å². The Morgan fingerprint density at radius 3 is 2.19 bits per heavy atom. The third-order valence-corrected chi connectivity index (χ3v) is 3.73. The lowest BCUT2D eigenvalue weighted by molar-refractivity contribution is -0.392. The molecule has 0 aliphatic rings. The Balaban J connectivity index is 2.80. The van der Waals surface area contributed by atoms with E-state index in [-0.39, 0.29) is 22.2 Å². The van der Waals surface area contributed by atoms with Crippen molar-refractivity contribution in [2.75, 3.05) is 5.32 Å². The van der Waals surface area contributed by atoms with E-state index in [1.54, 1.807) is 0 Å². The summed E-state index contributed by atoms with van der Waals surface area (Å²) in [5.74, 6) is 0. The number of benzene rings is 1. The van der Waals surface area contributed by atoms with Gasteiger partial charge in [0.05, 0.1) is 27.3 Å². The second kappa shape index (κ2) is 7.05. The van der Waals surface area contributed by atoms with Crippen LogP contribution in [0.2, 0.25) is 15.5 Å². The zero-order valence-corrected chi connectivity index (χ0v) is 14.1. The summed E-state index contributed by atoms with van der Waals surface area (Å²) in [7, 11) is 0. The van der Waals surface area contributed by atoms with Gasteiger partial charge in [-0.25, -0.2) is 9.97 Å². The van der Waals surface area contributed by atoms with E-state index in [4.69, 9.17) is 34.8 Å². The van der Waals surface area contributed by atoms with Crippen LogP contribution in [0.3, 0.4) is 0 Å². The maximum atomic E-state index is 13.0. The van der Waals surface area contributed by atoms with Gasteiger partial charge in [0.2, 0.25) is 5.28 Å². The molecule has 0 unspecified atom stereocenters. The van der Waals surface area contributed by atoms with Crippen molar-refractivity contribution in [1.29, 1.82) is 0 Å². The van der Waals surface area contributed by atoms with E-state index in [9.17, 15) is 33.4 Å². The molecule has 0 spiro atoms. The van der Waals surface area contributed by atoms with Crippen LogP contribution in [0.15, 0.2) is 12.3 Å². The lowest BCUT2D eigenvalue weighted by atomic mass is 10.1. The molecule has 0 atom stereocenters. The van der Waals surface area contributed by atoms with Crippen LogP contribution in [0, 0.1) is 20.2 Å². The maximum Gasteiger partial charge on any atom is 0.418 e. The highest BCUT2D eigenvalue weighted by atomic mass is 35.5. The smallest absolute Gasteiger partial charge is 0.340 e. The van der Waals surface area contributed by atoms with E-state index < -0.39 is 43.7 Å². The first kappa shape index (κ1) is 19.9. The Kier molecular flexibility index (Phi) is 5.39. The number of nitro benzene ring substituents is 2. The third kappa shape index (κ3) is 3.86. The zero-order valence-electron chi connectivity index (χ0n) is 11.8. The van der Waals surface area contributed by atoms with Crippen molar-refractivity contribution in [3.05, 3.63) is 53.5 Å². The first-order valence-electron chi connectivity index (χ1n) is 6.11. The van der Waals surface area contributed by atoms with Crippen LogP contribution in [-0.2, 0) is 6.18 Å². The van der Waals surface area contributed by atoms with Crippen LogP contribution >= 0.6 is 34.8 Å². The fraction of sp³-hybridized carbons (Fsp3) is 0.0909. The Labute approximate surface area is 156 Å². The second-order valence-corrected chi connectivity index (χ2v) is 5.54. The quantitative estimate of drug-likeness (QED) is 0.311. The first-order valence-corrected chi connectivity index (χ1v) is 7.24. The molecule has 2 rings (SSSR count). The summed E-state index contributed by atoms with van der Waals surface area (Å²) in [5.41, 5.74) is -5.55. The highest BCUT2D eigenvalue weighted by Gasteiger charge is 2.42. The number of aromatic nitrogens is 2. The van der Waals surface area contributed by atoms with Gasteiger partial charge in [-0.15, -0.1) is 0 Å². The van der Waals surface area contributed by atoms with Crippen molar-refractivity contribution in [2.24, 2.45) is 0 Å². The second-order valence-electron chi connectivity index (χ2n) is 4.46. The molecule has 0 aliphatic carbocycles. The Bertz CT molecular complexity index is 925. The molecule has 0 fully saturated rings. The summed E-state index contributed by atoms with van der Waals surface area (Å²) in [6, 6.07) is 0.0718. The Morgan fingerprint density at radius 2 is 1.73 bits per heavy atom. The molecule has 0 amide bonds. The molecule has 2 aromatic rings. The van der Waals surface area contributed by atoms with Crippen LogP contribution in [0.1, 0.15) is 5.56 Å². The lowest BCUT2D eigenvalue weighted by Crippen LogP contribution is -2.11. The summed E-state index contributed by atoms with van der Waals surface area (Å²) < 4.78 is 39.0. The predicted octanol–water partition coefficient (Wildman–Crippen LogP) is 5.02. The summed E-state index contributed by atoms with van der Waals surface area (Å²) in [6.45, 7) is 0. The number of nitrogens with zero attached hydrogens (tertiary/aromatic N) is 4. The maximum absolute atomic E-state index is 13.0. The van der Waals surface area contributed by atoms with Crippen molar-refractivity contribution in [3.63, 3.8) is 0 Å². The van der Waals surface area contributed by atoms with Crippen molar-refractivity contribution < 1.29 is 23.0 Å². The molecule has 0 radical (unpaired) electrons.